The highest BCUT2D eigenvalue weighted by molar-refractivity contribution is 7.99. The molecule has 0 fully saturated rings. The van der Waals surface area contributed by atoms with Crippen LogP contribution in [0, 0.1) is 0 Å². The van der Waals surface area contributed by atoms with E-state index in [4.69, 9.17) is 5.14 Å². The Hall–Kier alpha value is -2.03. The van der Waals surface area contributed by atoms with E-state index in [0.717, 1.165) is 17.9 Å². The average molecular weight is 379 g/mol. The van der Waals surface area contributed by atoms with Crippen molar-refractivity contribution in [3.05, 3.63) is 60.2 Å². The van der Waals surface area contributed by atoms with Crippen molar-refractivity contribution in [1.29, 1.82) is 0 Å². The maximum Gasteiger partial charge on any atom is 0.238 e. The molecule has 0 saturated carbocycles. The summed E-state index contributed by atoms with van der Waals surface area (Å²) < 4.78 is 22.8. The number of guanidine groups is 1. The fraction of sp³-hybridized carbons (Fsp3) is 0.235. The van der Waals surface area contributed by atoms with Crippen molar-refractivity contribution in [1.82, 2.24) is 10.6 Å². The summed E-state index contributed by atoms with van der Waals surface area (Å²) in [4.78, 5) is 5.50. The van der Waals surface area contributed by atoms with Crippen LogP contribution in [0.5, 0.6) is 0 Å². The first-order chi connectivity index (χ1) is 12.0. The van der Waals surface area contributed by atoms with E-state index in [1.807, 2.05) is 24.3 Å². The highest BCUT2D eigenvalue weighted by Crippen LogP contribution is 2.15. The fourth-order valence-electron chi connectivity index (χ4n) is 2.09. The second-order valence-electron chi connectivity index (χ2n) is 5.21. The monoisotopic (exact) mass is 378 g/mol. The lowest BCUT2D eigenvalue weighted by Gasteiger charge is -2.12. The Kier molecular flexibility index (Phi) is 7.30. The number of sulfonamides is 1. The Morgan fingerprint density at radius 3 is 2.56 bits per heavy atom. The summed E-state index contributed by atoms with van der Waals surface area (Å²) in [5.41, 5.74) is 0.813. The number of hydrogen-bond acceptors (Lipinski definition) is 4. The van der Waals surface area contributed by atoms with E-state index in [9.17, 15) is 8.42 Å². The maximum atomic E-state index is 11.4. The van der Waals surface area contributed by atoms with Gasteiger partial charge in [-0.15, -0.1) is 11.8 Å². The normalized spacial score (nSPS) is 12.0. The predicted octanol–water partition coefficient (Wildman–Crippen LogP) is 1.79. The van der Waals surface area contributed by atoms with Crippen LogP contribution in [-0.2, 0) is 16.6 Å². The molecule has 4 N–H and O–H groups in total. The quantitative estimate of drug-likeness (QED) is 0.295. The van der Waals surface area contributed by atoms with Crippen LogP contribution in [0.2, 0.25) is 0 Å². The molecule has 8 heteroatoms. The number of nitrogens with one attached hydrogen (secondary N) is 2. The molecule has 0 amide bonds. The molecule has 0 bridgehead atoms. The first-order valence-corrected chi connectivity index (χ1v) is 10.3. The van der Waals surface area contributed by atoms with Gasteiger partial charge >= 0.3 is 0 Å². The first-order valence-electron chi connectivity index (χ1n) is 7.73. The lowest BCUT2D eigenvalue weighted by atomic mass is 10.2. The van der Waals surface area contributed by atoms with Gasteiger partial charge in [-0.05, 0) is 29.8 Å². The van der Waals surface area contributed by atoms with E-state index in [2.05, 4.69) is 27.8 Å². The molecule has 0 unspecified atom stereocenters. The fourth-order valence-corrected chi connectivity index (χ4v) is 3.47. The molecule has 6 nitrogen and oxygen atoms in total. The third-order valence-electron chi connectivity index (χ3n) is 3.32. The van der Waals surface area contributed by atoms with Gasteiger partial charge in [0, 0.05) is 30.8 Å². The average Bonchev–Trinajstić information content (AvgIpc) is 2.61. The van der Waals surface area contributed by atoms with Crippen LogP contribution in [0.3, 0.4) is 0 Å². The van der Waals surface area contributed by atoms with E-state index in [-0.39, 0.29) is 4.90 Å². The first kappa shape index (κ1) is 19.3. The van der Waals surface area contributed by atoms with E-state index in [1.165, 1.54) is 11.0 Å². The van der Waals surface area contributed by atoms with Crippen molar-refractivity contribution in [3.8, 4) is 0 Å². The van der Waals surface area contributed by atoms with Crippen LogP contribution in [0.15, 0.2) is 69.4 Å². The van der Waals surface area contributed by atoms with Gasteiger partial charge in [0.05, 0.1) is 4.90 Å². The number of hydrogen-bond donors (Lipinski definition) is 3. The van der Waals surface area contributed by atoms with Gasteiger partial charge in [0.15, 0.2) is 5.96 Å². The molecule has 0 aromatic heterocycles. The number of nitrogens with zero attached hydrogens (tertiary/aromatic N) is 1. The highest BCUT2D eigenvalue weighted by atomic mass is 32.2. The van der Waals surface area contributed by atoms with Crippen LogP contribution >= 0.6 is 11.8 Å². The Morgan fingerprint density at radius 2 is 1.88 bits per heavy atom. The largest absolute Gasteiger partial charge is 0.356 e. The zero-order chi connectivity index (χ0) is 18.1. The van der Waals surface area contributed by atoms with Crippen molar-refractivity contribution in [2.45, 2.75) is 16.3 Å². The van der Waals surface area contributed by atoms with Crippen LogP contribution in [0.4, 0.5) is 0 Å². The van der Waals surface area contributed by atoms with Crippen LogP contribution in [0.25, 0.3) is 0 Å². The van der Waals surface area contributed by atoms with E-state index in [0.29, 0.717) is 12.5 Å². The lowest BCUT2D eigenvalue weighted by Crippen LogP contribution is -2.37. The molecular weight excluding hydrogens is 356 g/mol. The Bertz CT molecular complexity index is 808. The van der Waals surface area contributed by atoms with Gasteiger partial charge in [-0.3, -0.25) is 4.99 Å². The van der Waals surface area contributed by atoms with Crippen molar-refractivity contribution in [3.63, 3.8) is 0 Å². The standard InChI is InChI=1S/C17H22N4O2S2/c1-19-17(20-10-11-24-15-7-3-2-4-8-15)21-13-14-6-5-9-16(12-14)25(18,22)23/h2-9,12H,10-11,13H2,1H3,(H2,18,22,23)(H2,19,20,21). The second kappa shape index (κ2) is 9.45. The molecule has 0 aliphatic carbocycles. The lowest BCUT2D eigenvalue weighted by molar-refractivity contribution is 0.597. The van der Waals surface area contributed by atoms with Crippen molar-refractivity contribution in [2.24, 2.45) is 10.1 Å². The summed E-state index contributed by atoms with van der Waals surface area (Å²) in [6, 6.07) is 16.7. The number of benzene rings is 2. The smallest absolute Gasteiger partial charge is 0.238 e. The molecule has 25 heavy (non-hydrogen) atoms. The van der Waals surface area contributed by atoms with Gasteiger partial charge in [-0.1, -0.05) is 30.3 Å². The minimum absolute atomic E-state index is 0.106. The van der Waals surface area contributed by atoms with Gasteiger partial charge in [0.2, 0.25) is 10.0 Å². The Labute approximate surface area is 153 Å². The molecule has 134 valence electrons. The minimum atomic E-state index is -3.69. The van der Waals surface area contributed by atoms with Crippen molar-refractivity contribution < 1.29 is 8.42 Å². The molecule has 0 aliphatic heterocycles. The van der Waals surface area contributed by atoms with Crippen molar-refractivity contribution in [2.75, 3.05) is 19.3 Å². The van der Waals surface area contributed by atoms with Gasteiger partial charge in [0.1, 0.15) is 0 Å². The summed E-state index contributed by atoms with van der Waals surface area (Å²) in [6.45, 7) is 1.21. The minimum Gasteiger partial charge on any atom is -0.356 e. The third-order valence-corrected chi connectivity index (χ3v) is 5.24. The molecule has 2 rings (SSSR count). The van der Waals surface area contributed by atoms with E-state index in [1.54, 1.807) is 30.9 Å². The van der Waals surface area contributed by atoms with Crippen LogP contribution in [0.1, 0.15) is 5.56 Å². The highest BCUT2D eigenvalue weighted by Gasteiger charge is 2.08. The Morgan fingerprint density at radius 1 is 1.12 bits per heavy atom. The van der Waals surface area contributed by atoms with Crippen LogP contribution < -0.4 is 15.8 Å². The molecule has 2 aromatic rings. The third kappa shape index (κ3) is 6.77. The number of nitrogens with two attached hydrogens (primary N) is 1. The Balaban J connectivity index is 1.79. The summed E-state index contributed by atoms with van der Waals surface area (Å²) >= 11 is 1.77. The van der Waals surface area contributed by atoms with Gasteiger partial charge < -0.3 is 10.6 Å². The summed E-state index contributed by atoms with van der Waals surface area (Å²) in [5.74, 6) is 1.57. The second-order valence-corrected chi connectivity index (χ2v) is 7.94. The summed E-state index contributed by atoms with van der Waals surface area (Å²) in [7, 11) is -1.99. The topological polar surface area (TPSA) is 96.6 Å². The van der Waals surface area contributed by atoms with Gasteiger partial charge in [-0.2, -0.15) is 0 Å². The van der Waals surface area contributed by atoms with E-state index < -0.39 is 10.0 Å². The molecule has 0 saturated heterocycles. The maximum absolute atomic E-state index is 11.4. The van der Waals surface area contributed by atoms with Gasteiger partial charge in [-0.25, -0.2) is 13.6 Å². The number of aliphatic imine (C=N–C) groups is 1. The SMILES string of the molecule is CN=C(NCCSc1ccccc1)NCc1cccc(S(N)(=O)=O)c1. The number of primary sulfonamides is 1. The molecule has 0 radical (unpaired) electrons. The molecule has 0 spiro atoms. The van der Waals surface area contributed by atoms with Gasteiger partial charge in [0.25, 0.3) is 0 Å². The molecular formula is C17H22N4O2S2. The summed E-state index contributed by atoms with van der Waals surface area (Å²) in [5, 5.41) is 11.5. The predicted molar refractivity (Wildman–Crippen MR) is 103 cm³/mol. The van der Waals surface area contributed by atoms with E-state index >= 15 is 0 Å². The number of thioether (sulfide) groups is 1. The van der Waals surface area contributed by atoms with Crippen molar-refractivity contribution >= 4 is 27.7 Å². The molecule has 0 atom stereocenters. The zero-order valence-electron chi connectivity index (χ0n) is 14.0. The summed E-state index contributed by atoms with van der Waals surface area (Å²) in [6.07, 6.45) is 0. The zero-order valence-corrected chi connectivity index (χ0v) is 15.6. The molecule has 0 heterocycles. The molecule has 2 aromatic carbocycles. The molecule has 0 aliphatic rings. The van der Waals surface area contributed by atoms with Crippen LogP contribution in [-0.4, -0.2) is 33.7 Å². The number of rotatable bonds is 7.